The van der Waals surface area contributed by atoms with Gasteiger partial charge in [0.1, 0.15) is 0 Å². The molecule has 6 nitrogen and oxygen atoms in total. The van der Waals surface area contributed by atoms with Crippen LogP contribution >= 0.6 is 0 Å². The highest BCUT2D eigenvalue weighted by molar-refractivity contribution is 5.75. The zero-order valence-electron chi connectivity index (χ0n) is 11.2. The topological polar surface area (TPSA) is 76.0 Å². The van der Waals surface area contributed by atoms with E-state index in [0.29, 0.717) is 19.4 Å². The minimum atomic E-state index is -0.127. The van der Waals surface area contributed by atoms with Crippen molar-refractivity contribution < 1.29 is 4.79 Å². The standard InChI is InChI=1S/C13H20N4O2/c1-14-12(18)3-2-6-17-13(19)7-11(9-16-17)15-8-10-4-5-10/h7,9-10,15H,2-6,8H2,1H3,(H,14,18). The second-order valence-corrected chi connectivity index (χ2v) is 4.91. The maximum Gasteiger partial charge on any atom is 0.268 e. The van der Waals surface area contributed by atoms with E-state index in [9.17, 15) is 9.59 Å². The van der Waals surface area contributed by atoms with Gasteiger partial charge in [0, 0.05) is 32.6 Å². The Morgan fingerprint density at radius 3 is 2.95 bits per heavy atom. The van der Waals surface area contributed by atoms with Crippen molar-refractivity contribution in [3.63, 3.8) is 0 Å². The summed E-state index contributed by atoms with van der Waals surface area (Å²) >= 11 is 0. The fraction of sp³-hybridized carbons (Fsp3) is 0.615. The number of aromatic nitrogens is 2. The molecule has 0 atom stereocenters. The number of nitrogens with zero attached hydrogens (tertiary/aromatic N) is 2. The number of hydrogen-bond donors (Lipinski definition) is 2. The van der Waals surface area contributed by atoms with Crippen molar-refractivity contribution in [2.24, 2.45) is 5.92 Å². The molecule has 1 saturated carbocycles. The van der Waals surface area contributed by atoms with Crippen LogP contribution in [-0.2, 0) is 11.3 Å². The van der Waals surface area contributed by atoms with Crippen molar-refractivity contribution in [3.8, 4) is 0 Å². The molecule has 104 valence electrons. The molecule has 0 spiro atoms. The molecular weight excluding hydrogens is 244 g/mol. The van der Waals surface area contributed by atoms with Crippen LogP contribution in [0.4, 0.5) is 5.69 Å². The smallest absolute Gasteiger partial charge is 0.268 e. The molecule has 1 aliphatic carbocycles. The maximum atomic E-state index is 11.8. The average Bonchev–Trinajstić information content (AvgIpc) is 3.22. The molecular formula is C13H20N4O2. The van der Waals surface area contributed by atoms with E-state index in [1.165, 1.54) is 17.5 Å². The molecule has 1 amide bonds. The summed E-state index contributed by atoms with van der Waals surface area (Å²) in [5, 5.41) is 9.88. The first-order valence-electron chi connectivity index (χ1n) is 6.70. The molecule has 1 heterocycles. The highest BCUT2D eigenvalue weighted by Crippen LogP contribution is 2.28. The van der Waals surface area contributed by atoms with E-state index in [1.807, 2.05) is 0 Å². The Balaban J connectivity index is 1.83. The van der Waals surface area contributed by atoms with E-state index < -0.39 is 0 Å². The monoisotopic (exact) mass is 264 g/mol. The second-order valence-electron chi connectivity index (χ2n) is 4.91. The molecule has 6 heteroatoms. The molecule has 19 heavy (non-hydrogen) atoms. The molecule has 1 aromatic rings. The van der Waals surface area contributed by atoms with Crippen molar-refractivity contribution in [2.45, 2.75) is 32.2 Å². The third kappa shape index (κ3) is 4.39. The van der Waals surface area contributed by atoms with Crippen LogP contribution in [0.1, 0.15) is 25.7 Å². The summed E-state index contributed by atoms with van der Waals surface area (Å²) in [5.74, 6) is 0.741. The van der Waals surface area contributed by atoms with E-state index in [0.717, 1.165) is 18.2 Å². The van der Waals surface area contributed by atoms with Gasteiger partial charge in [0.05, 0.1) is 11.9 Å². The van der Waals surface area contributed by atoms with Crippen molar-refractivity contribution in [2.75, 3.05) is 18.9 Å². The number of amides is 1. The lowest BCUT2D eigenvalue weighted by atomic mass is 10.3. The Labute approximate surface area is 112 Å². The summed E-state index contributed by atoms with van der Waals surface area (Å²) in [7, 11) is 1.60. The van der Waals surface area contributed by atoms with Crippen molar-refractivity contribution in [1.82, 2.24) is 15.1 Å². The largest absolute Gasteiger partial charge is 0.383 e. The number of anilines is 1. The van der Waals surface area contributed by atoms with Crippen LogP contribution in [0, 0.1) is 5.92 Å². The van der Waals surface area contributed by atoms with Gasteiger partial charge < -0.3 is 10.6 Å². The summed E-state index contributed by atoms with van der Waals surface area (Å²) in [4.78, 5) is 22.9. The predicted molar refractivity (Wildman–Crippen MR) is 73.0 cm³/mol. The van der Waals surface area contributed by atoms with Crippen molar-refractivity contribution in [1.29, 1.82) is 0 Å². The average molecular weight is 264 g/mol. The number of nitrogens with one attached hydrogen (secondary N) is 2. The Bertz CT molecular complexity index is 494. The van der Waals surface area contributed by atoms with Crippen LogP contribution in [0.5, 0.6) is 0 Å². The summed E-state index contributed by atoms with van der Waals surface area (Å²) in [6.07, 6.45) is 5.24. The molecule has 1 aromatic heterocycles. The second kappa shape index (κ2) is 6.36. The molecule has 2 rings (SSSR count). The lowest BCUT2D eigenvalue weighted by molar-refractivity contribution is -0.120. The number of aryl methyl sites for hydroxylation is 1. The van der Waals surface area contributed by atoms with E-state index in [1.54, 1.807) is 19.3 Å². The summed E-state index contributed by atoms with van der Waals surface area (Å²) < 4.78 is 1.39. The molecule has 1 aliphatic rings. The van der Waals surface area contributed by atoms with Gasteiger partial charge in [-0.2, -0.15) is 5.10 Å². The van der Waals surface area contributed by atoms with Gasteiger partial charge in [-0.25, -0.2) is 4.68 Å². The maximum absolute atomic E-state index is 11.8. The normalized spacial score (nSPS) is 14.2. The molecule has 0 bridgehead atoms. The lowest BCUT2D eigenvalue weighted by Gasteiger charge is -2.07. The Morgan fingerprint density at radius 2 is 2.32 bits per heavy atom. The summed E-state index contributed by atoms with van der Waals surface area (Å²) in [5.41, 5.74) is 0.650. The van der Waals surface area contributed by atoms with Gasteiger partial charge in [-0.1, -0.05) is 0 Å². The van der Waals surface area contributed by atoms with E-state index in [-0.39, 0.29) is 11.5 Å². The van der Waals surface area contributed by atoms with Gasteiger partial charge in [-0.05, 0) is 25.2 Å². The van der Waals surface area contributed by atoms with Crippen molar-refractivity contribution in [3.05, 3.63) is 22.6 Å². The van der Waals surface area contributed by atoms with Gasteiger partial charge in [0.25, 0.3) is 5.56 Å². The van der Waals surface area contributed by atoms with Gasteiger partial charge in [0.2, 0.25) is 5.91 Å². The van der Waals surface area contributed by atoms with Gasteiger partial charge in [0.15, 0.2) is 0 Å². The first-order chi connectivity index (χ1) is 9.19. The molecule has 0 saturated heterocycles. The molecule has 0 radical (unpaired) electrons. The number of hydrogen-bond acceptors (Lipinski definition) is 4. The highest BCUT2D eigenvalue weighted by atomic mass is 16.1. The van der Waals surface area contributed by atoms with Gasteiger partial charge >= 0.3 is 0 Å². The Hall–Kier alpha value is -1.85. The van der Waals surface area contributed by atoms with E-state index in [4.69, 9.17) is 0 Å². The fourth-order valence-corrected chi connectivity index (χ4v) is 1.80. The van der Waals surface area contributed by atoms with Gasteiger partial charge in [-0.3, -0.25) is 9.59 Å². The minimum absolute atomic E-state index is 0.0178. The summed E-state index contributed by atoms with van der Waals surface area (Å²) in [6.45, 7) is 1.39. The van der Waals surface area contributed by atoms with Crippen LogP contribution in [0.25, 0.3) is 0 Å². The first-order valence-corrected chi connectivity index (χ1v) is 6.70. The number of carbonyl (C=O) groups is 1. The van der Waals surface area contributed by atoms with E-state index >= 15 is 0 Å². The number of rotatable bonds is 7. The van der Waals surface area contributed by atoms with Crippen LogP contribution < -0.4 is 16.2 Å². The van der Waals surface area contributed by atoms with E-state index in [2.05, 4.69) is 15.7 Å². The van der Waals surface area contributed by atoms with Crippen LogP contribution in [0.3, 0.4) is 0 Å². The molecule has 0 aliphatic heterocycles. The zero-order chi connectivity index (χ0) is 13.7. The number of carbonyl (C=O) groups excluding carboxylic acids is 1. The first kappa shape index (κ1) is 13.6. The van der Waals surface area contributed by atoms with Crippen LogP contribution in [0.2, 0.25) is 0 Å². The quantitative estimate of drug-likeness (QED) is 0.756. The molecule has 1 fully saturated rings. The van der Waals surface area contributed by atoms with Crippen molar-refractivity contribution >= 4 is 11.6 Å². The third-order valence-electron chi connectivity index (χ3n) is 3.21. The zero-order valence-corrected chi connectivity index (χ0v) is 11.2. The fourth-order valence-electron chi connectivity index (χ4n) is 1.80. The SMILES string of the molecule is CNC(=O)CCCn1ncc(NCC2CC2)cc1=O. The Morgan fingerprint density at radius 1 is 1.53 bits per heavy atom. The predicted octanol–water partition coefficient (Wildman–Crippen LogP) is 0.591. The summed E-state index contributed by atoms with van der Waals surface area (Å²) in [6, 6.07) is 1.56. The highest BCUT2D eigenvalue weighted by Gasteiger charge is 2.20. The van der Waals surface area contributed by atoms with Crippen LogP contribution in [-0.4, -0.2) is 29.3 Å². The third-order valence-corrected chi connectivity index (χ3v) is 3.21. The van der Waals surface area contributed by atoms with Gasteiger partial charge in [-0.15, -0.1) is 0 Å². The molecule has 0 aromatic carbocycles. The lowest BCUT2D eigenvalue weighted by Crippen LogP contribution is -2.24. The van der Waals surface area contributed by atoms with Crippen LogP contribution in [0.15, 0.2) is 17.1 Å². The molecule has 2 N–H and O–H groups in total. The minimum Gasteiger partial charge on any atom is -0.383 e. The molecule has 0 unspecified atom stereocenters. The Kier molecular flexibility index (Phi) is 4.54.